The summed E-state index contributed by atoms with van der Waals surface area (Å²) in [6, 6.07) is 1.11. The summed E-state index contributed by atoms with van der Waals surface area (Å²) in [5.41, 5.74) is 3.98. The molecule has 1 N–H and O–H groups in total. The maximum atomic E-state index is 4.74. The molecule has 0 unspecified atom stereocenters. The van der Waals surface area contributed by atoms with Gasteiger partial charge in [0, 0.05) is 11.7 Å². The first-order chi connectivity index (χ1) is 8.51. The van der Waals surface area contributed by atoms with Gasteiger partial charge in [-0.15, -0.1) is 0 Å². The van der Waals surface area contributed by atoms with Gasteiger partial charge in [-0.05, 0) is 45.2 Å². The summed E-state index contributed by atoms with van der Waals surface area (Å²) in [7, 11) is 0. The largest absolute Gasteiger partial charge is 0.314 e. The predicted molar refractivity (Wildman–Crippen MR) is 78.2 cm³/mol. The number of aromatic nitrogens is 2. The first-order valence-corrected chi connectivity index (χ1v) is 7.29. The third-order valence-corrected chi connectivity index (χ3v) is 3.69. The molecule has 0 amide bonds. The second-order valence-corrected chi connectivity index (χ2v) is 5.42. The summed E-state index contributed by atoms with van der Waals surface area (Å²) >= 11 is 0. The van der Waals surface area contributed by atoms with Gasteiger partial charge in [0.15, 0.2) is 0 Å². The van der Waals surface area contributed by atoms with Crippen molar-refractivity contribution in [2.24, 2.45) is 0 Å². The van der Waals surface area contributed by atoms with Crippen LogP contribution in [0.2, 0.25) is 0 Å². The van der Waals surface area contributed by atoms with E-state index in [0.29, 0.717) is 12.1 Å². The second-order valence-electron chi connectivity index (χ2n) is 5.42. The maximum absolute atomic E-state index is 4.74. The second kappa shape index (κ2) is 6.93. The smallest absolute Gasteiger partial charge is 0.0629 e. The van der Waals surface area contributed by atoms with Gasteiger partial charge in [-0.2, -0.15) is 5.10 Å². The van der Waals surface area contributed by atoms with Crippen LogP contribution in [-0.4, -0.2) is 22.4 Å². The third-order valence-electron chi connectivity index (χ3n) is 3.69. The Labute approximate surface area is 112 Å². The zero-order chi connectivity index (χ0) is 13.7. The molecule has 1 aromatic heterocycles. The van der Waals surface area contributed by atoms with Gasteiger partial charge in [0.05, 0.1) is 11.7 Å². The number of nitrogens with zero attached hydrogens (tertiary/aromatic N) is 2. The van der Waals surface area contributed by atoms with E-state index in [9.17, 15) is 0 Å². The van der Waals surface area contributed by atoms with E-state index in [-0.39, 0.29) is 0 Å². The standard InChI is InChI=1S/C15H29N3/c1-7-14(8-2)18-13(6)15(12(5)17-18)9-10-16-11(3)4/h11,14,16H,7-10H2,1-6H3. The molecular formula is C15H29N3. The van der Waals surface area contributed by atoms with Crippen LogP contribution >= 0.6 is 0 Å². The van der Waals surface area contributed by atoms with E-state index < -0.39 is 0 Å². The molecule has 0 aromatic carbocycles. The van der Waals surface area contributed by atoms with Crippen molar-refractivity contribution in [2.45, 2.75) is 72.9 Å². The highest BCUT2D eigenvalue weighted by atomic mass is 15.3. The maximum Gasteiger partial charge on any atom is 0.0629 e. The first kappa shape index (κ1) is 15.2. The van der Waals surface area contributed by atoms with Crippen molar-refractivity contribution in [3.05, 3.63) is 17.0 Å². The molecule has 1 rings (SSSR count). The highest BCUT2D eigenvalue weighted by molar-refractivity contribution is 5.25. The van der Waals surface area contributed by atoms with Crippen LogP contribution < -0.4 is 5.32 Å². The Morgan fingerprint density at radius 3 is 2.28 bits per heavy atom. The van der Waals surface area contributed by atoms with Gasteiger partial charge >= 0.3 is 0 Å². The third kappa shape index (κ3) is 3.58. The number of rotatable bonds is 7. The fourth-order valence-corrected chi connectivity index (χ4v) is 2.53. The molecule has 18 heavy (non-hydrogen) atoms. The minimum absolute atomic E-state index is 0.551. The summed E-state index contributed by atoms with van der Waals surface area (Å²) in [4.78, 5) is 0. The van der Waals surface area contributed by atoms with Crippen molar-refractivity contribution < 1.29 is 0 Å². The molecule has 0 spiro atoms. The molecule has 3 nitrogen and oxygen atoms in total. The predicted octanol–water partition coefficient (Wildman–Crippen LogP) is 3.40. The topological polar surface area (TPSA) is 29.9 Å². The van der Waals surface area contributed by atoms with E-state index in [1.807, 2.05) is 0 Å². The lowest BCUT2D eigenvalue weighted by Crippen LogP contribution is -2.25. The summed E-state index contributed by atoms with van der Waals surface area (Å²) in [5.74, 6) is 0. The Hall–Kier alpha value is -0.830. The molecule has 0 aliphatic rings. The lowest BCUT2D eigenvalue weighted by Gasteiger charge is -2.15. The Balaban J connectivity index is 2.80. The summed E-state index contributed by atoms with van der Waals surface area (Å²) < 4.78 is 2.24. The van der Waals surface area contributed by atoms with Crippen molar-refractivity contribution in [3.8, 4) is 0 Å². The van der Waals surface area contributed by atoms with E-state index >= 15 is 0 Å². The SMILES string of the molecule is CCC(CC)n1nc(C)c(CCNC(C)C)c1C. The van der Waals surface area contributed by atoms with Crippen LogP contribution in [0.25, 0.3) is 0 Å². The van der Waals surface area contributed by atoms with Crippen LogP contribution in [0, 0.1) is 13.8 Å². The lowest BCUT2D eigenvalue weighted by atomic mass is 10.1. The number of hydrogen-bond donors (Lipinski definition) is 1. The van der Waals surface area contributed by atoms with Gasteiger partial charge in [0.2, 0.25) is 0 Å². The first-order valence-electron chi connectivity index (χ1n) is 7.29. The Bertz CT molecular complexity index is 362. The van der Waals surface area contributed by atoms with Crippen LogP contribution in [-0.2, 0) is 6.42 Å². The minimum Gasteiger partial charge on any atom is -0.314 e. The molecule has 0 fully saturated rings. The number of hydrogen-bond acceptors (Lipinski definition) is 2. The molecule has 0 radical (unpaired) electrons. The van der Waals surface area contributed by atoms with Gasteiger partial charge < -0.3 is 5.32 Å². The van der Waals surface area contributed by atoms with Gasteiger partial charge in [0.1, 0.15) is 0 Å². The molecule has 104 valence electrons. The van der Waals surface area contributed by atoms with E-state index in [4.69, 9.17) is 5.10 Å². The summed E-state index contributed by atoms with van der Waals surface area (Å²) in [5, 5.41) is 8.22. The van der Waals surface area contributed by atoms with Crippen molar-refractivity contribution >= 4 is 0 Å². The van der Waals surface area contributed by atoms with E-state index in [1.54, 1.807) is 0 Å². The van der Waals surface area contributed by atoms with Crippen LogP contribution in [0.3, 0.4) is 0 Å². The average molecular weight is 251 g/mol. The highest BCUT2D eigenvalue weighted by Gasteiger charge is 2.15. The molecular weight excluding hydrogens is 222 g/mol. The number of aryl methyl sites for hydroxylation is 1. The van der Waals surface area contributed by atoms with Crippen molar-refractivity contribution in [3.63, 3.8) is 0 Å². The van der Waals surface area contributed by atoms with Gasteiger partial charge in [-0.25, -0.2) is 0 Å². The molecule has 3 heteroatoms. The number of nitrogens with one attached hydrogen (secondary N) is 1. The molecule has 0 saturated heterocycles. The molecule has 0 saturated carbocycles. The van der Waals surface area contributed by atoms with Crippen LogP contribution in [0.5, 0.6) is 0 Å². The van der Waals surface area contributed by atoms with E-state index in [1.165, 1.54) is 17.0 Å². The highest BCUT2D eigenvalue weighted by Crippen LogP contribution is 2.22. The zero-order valence-corrected chi connectivity index (χ0v) is 12.9. The van der Waals surface area contributed by atoms with Gasteiger partial charge in [-0.3, -0.25) is 4.68 Å². The summed E-state index contributed by atoms with van der Waals surface area (Å²) in [6.45, 7) is 14.2. The van der Waals surface area contributed by atoms with Crippen LogP contribution in [0.4, 0.5) is 0 Å². The normalized spacial score (nSPS) is 11.8. The zero-order valence-electron chi connectivity index (χ0n) is 12.9. The molecule has 1 heterocycles. The fraction of sp³-hybridized carbons (Fsp3) is 0.800. The molecule has 0 aliphatic heterocycles. The minimum atomic E-state index is 0.551. The average Bonchev–Trinajstić information content (AvgIpc) is 2.58. The Morgan fingerprint density at radius 1 is 1.17 bits per heavy atom. The van der Waals surface area contributed by atoms with Gasteiger partial charge in [0.25, 0.3) is 0 Å². The van der Waals surface area contributed by atoms with Crippen molar-refractivity contribution in [1.29, 1.82) is 0 Å². The lowest BCUT2D eigenvalue weighted by molar-refractivity contribution is 0.418. The van der Waals surface area contributed by atoms with Crippen LogP contribution in [0.1, 0.15) is 63.5 Å². The fourth-order valence-electron chi connectivity index (χ4n) is 2.53. The molecule has 1 aromatic rings. The Morgan fingerprint density at radius 2 is 1.78 bits per heavy atom. The van der Waals surface area contributed by atoms with E-state index in [0.717, 1.165) is 25.8 Å². The quantitative estimate of drug-likeness (QED) is 0.805. The summed E-state index contributed by atoms with van der Waals surface area (Å²) in [6.07, 6.45) is 3.39. The van der Waals surface area contributed by atoms with E-state index in [2.05, 4.69) is 51.5 Å². The van der Waals surface area contributed by atoms with Gasteiger partial charge in [-0.1, -0.05) is 27.7 Å². The van der Waals surface area contributed by atoms with Crippen molar-refractivity contribution in [2.75, 3.05) is 6.54 Å². The van der Waals surface area contributed by atoms with Crippen LogP contribution in [0.15, 0.2) is 0 Å². The molecule has 0 aliphatic carbocycles. The molecule has 0 atom stereocenters. The Kier molecular flexibility index (Phi) is 5.86. The monoisotopic (exact) mass is 251 g/mol. The van der Waals surface area contributed by atoms with Crippen molar-refractivity contribution in [1.82, 2.24) is 15.1 Å². The molecule has 0 bridgehead atoms.